The number of hydrogen-bond acceptors (Lipinski definition) is 2. The fourth-order valence-corrected chi connectivity index (χ4v) is 3.85. The minimum absolute atomic E-state index is 0.0735. The van der Waals surface area contributed by atoms with Gasteiger partial charge in [-0.25, -0.2) is 4.79 Å². The van der Waals surface area contributed by atoms with Crippen molar-refractivity contribution in [1.82, 2.24) is 9.80 Å². The van der Waals surface area contributed by atoms with Gasteiger partial charge < -0.3 is 14.9 Å². The molecule has 20 heavy (non-hydrogen) atoms. The highest BCUT2D eigenvalue weighted by Crippen LogP contribution is 2.42. The highest BCUT2D eigenvalue weighted by Gasteiger charge is 2.49. The summed E-state index contributed by atoms with van der Waals surface area (Å²) in [5, 5.41) is 9.43. The van der Waals surface area contributed by atoms with Crippen molar-refractivity contribution in [1.29, 1.82) is 0 Å². The van der Waals surface area contributed by atoms with Crippen molar-refractivity contribution < 1.29 is 14.7 Å². The SMILES string of the molecule is O=C1N(CC2(C(=O)O)CCC2)C[C@@H]2CCCCCCN12. The molecule has 1 saturated carbocycles. The molecular formula is C15H24N2O3. The lowest BCUT2D eigenvalue weighted by molar-refractivity contribution is -0.155. The third kappa shape index (κ3) is 2.27. The van der Waals surface area contributed by atoms with Gasteiger partial charge in [-0.05, 0) is 25.7 Å². The average molecular weight is 280 g/mol. The van der Waals surface area contributed by atoms with Crippen molar-refractivity contribution in [2.75, 3.05) is 19.6 Å². The Morgan fingerprint density at radius 3 is 2.60 bits per heavy atom. The molecule has 5 heteroatoms. The van der Waals surface area contributed by atoms with Crippen LogP contribution in [0.25, 0.3) is 0 Å². The highest BCUT2D eigenvalue weighted by atomic mass is 16.4. The smallest absolute Gasteiger partial charge is 0.320 e. The lowest BCUT2D eigenvalue weighted by Gasteiger charge is -2.40. The summed E-state index contributed by atoms with van der Waals surface area (Å²) in [7, 11) is 0. The summed E-state index contributed by atoms with van der Waals surface area (Å²) in [4.78, 5) is 27.8. The van der Waals surface area contributed by atoms with E-state index >= 15 is 0 Å². The van der Waals surface area contributed by atoms with Crippen LogP contribution in [0.2, 0.25) is 0 Å². The number of fused-ring (bicyclic) bond motifs is 1. The standard InChI is InChI=1S/C15H24N2O3/c18-13(19)15(7-5-8-15)11-16-10-12-6-3-1-2-4-9-17(12)14(16)20/h12H,1-11H2,(H,18,19)/t12-/m0/s1. The van der Waals surface area contributed by atoms with Gasteiger partial charge >= 0.3 is 12.0 Å². The molecule has 0 aromatic carbocycles. The van der Waals surface area contributed by atoms with Crippen LogP contribution < -0.4 is 0 Å². The first kappa shape index (κ1) is 13.7. The fraction of sp³-hybridized carbons (Fsp3) is 0.867. The first-order valence-corrected chi connectivity index (χ1v) is 7.91. The lowest BCUT2D eigenvalue weighted by atomic mass is 9.68. The zero-order valence-electron chi connectivity index (χ0n) is 12.0. The van der Waals surface area contributed by atoms with Gasteiger partial charge in [-0.15, -0.1) is 0 Å². The normalized spacial score (nSPS) is 29.4. The maximum atomic E-state index is 12.5. The Morgan fingerprint density at radius 2 is 1.95 bits per heavy atom. The van der Waals surface area contributed by atoms with Crippen LogP contribution in [-0.2, 0) is 4.79 Å². The minimum atomic E-state index is -0.726. The van der Waals surface area contributed by atoms with Gasteiger partial charge in [-0.3, -0.25) is 4.79 Å². The van der Waals surface area contributed by atoms with E-state index in [1.54, 1.807) is 0 Å². The van der Waals surface area contributed by atoms with Crippen LogP contribution in [0.15, 0.2) is 0 Å². The largest absolute Gasteiger partial charge is 0.481 e. The predicted octanol–water partition coefficient (Wildman–Crippen LogP) is 2.31. The van der Waals surface area contributed by atoms with Gasteiger partial charge in [0, 0.05) is 19.6 Å². The van der Waals surface area contributed by atoms with Crippen molar-refractivity contribution in [2.24, 2.45) is 5.41 Å². The monoisotopic (exact) mass is 280 g/mol. The predicted molar refractivity (Wildman–Crippen MR) is 74.5 cm³/mol. The van der Waals surface area contributed by atoms with Gasteiger partial charge in [-0.2, -0.15) is 0 Å². The Labute approximate surface area is 119 Å². The van der Waals surface area contributed by atoms with E-state index in [9.17, 15) is 14.7 Å². The highest BCUT2D eigenvalue weighted by molar-refractivity contribution is 5.80. The summed E-state index contributed by atoms with van der Waals surface area (Å²) in [6.07, 6.45) is 8.22. The molecule has 0 aromatic rings. The summed E-state index contributed by atoms with van der Waals surface area (Å²) in [5.41, 5.74) is -0.656. The van der Waals surface area contributed by atoms with Crippen molar-refractivity contribution >= 4 is 12.0 Å². The molecule has 3 rings (SSSR count). The van der Waals surface area contributed by atoms with Crippen LogP contribution in [0, 0.1) is 5.41 Å². The van der Waals surface area contributed by atoms with Gasteiger partial charge in [0.25, 0.3) is 0 Å². The molecule has 0 aromatic heterocycles. The molecule has 5 nitrogen and oxygen atoms in total. The second-order valence-electron chi connectivity index (χ2n) is 6.65. The number of hydrogen-bond donors (Lipinski definition) is 1. The summed E-state index contributed by atoms with van der Waals surface area (Å²) in [5.74, 6) is -0.726. The molecular weight excluding hydrogens is 256 g/mol. The molecule has 112 valence electrons. The van der Waals surface area contributed by atoms with Crippen LogP contribution in [0.1, 0.15) is 51.4 Å². The van der Waals surface area contributed by atoms with Crippen molar-refractivity contribution in [2.45, 2.75) is 57.4 Å². The maximum absolute atomic E-state index is 12.5. The van der Waals surface area contributed by atoms with E-state index in [0.717, 1.165) is 45.2 Å². The second kappa shape index (κ2) is 5.26. The zero-order chi connectivity index (χ0) is 14.2. The van der Waals surface area contributed by atoms with E-state index in [-0.39, 0.29) is 6.03 Å². The Kier molecular flexibility index (Phi) is 3.61. The summed E-state index contributed by atoms with van der Waals surface area (Å²) in [6, 6.07) is 0.387. The van der Waals surface area contributed by atoms with Gasteiger partial charge in [0.1, 0.15) is 0 Å². The van der Waals surface area contributed by atoms with Crippen LogP contribution in [0.5, 0.6) is 0 Å². The van der Waals surface area contributed by atoms with E-state index in [2.05, 4.69) is 0 Å². The van der Waals surface area contributed by atoms with Gasteiger partial charge in [0.05, 0.1) is 11.5 Å². The van der Waals surface area contributed by atoms with E-state index < -0.39 is 11.4 Å². The van der Waals surface area contributed by atoms with Gasteiger partial charge in [0.2, 0.25) is 0 Å². The number of carboxylic acid groups (broad SMARTS) is 1. The van der Waals surface area contributed by atoms with E-state index in [4.69, 9.17) is 0 Å². The number of carboxylic acids is 1. The number of nitrogens with zero attached hydrogens (tertiary/aromatic N) is 2. The topological polar surface area (TPSA) is 60.9 Å². The third-order valence-corrected chi connectivity index (χ3v) is 5.33. The summed E-state index contributed by atoms with van der Waals surface area (Å²) >= 11 is 0. The molecule has 0 radical (unpaired) electrons. The Morgan fingerprint density at radius 1 is 1.20 bits per heavy atom. The third-order valence-electron chi connectivity index (χ3n) is 5.33. The second-order valence-corrected chi connectivity index (χ2v) is 6.65. The molecule has 2 amide bonds. The number of aliphatic carboxylic acids is 1. The molecule has 1 atom stereocenters. The van der Waals surface area contributed by atoms with Crippen molar-refractivity contribution in [3.05, 3.63) is 0 Å². The van der Waals surface area contributed by atoms with Crippen LogP contribution in [-0.4, -0.2) is 52.6 Å². The molecule has 1 N–H and O–H groups in total. The Bertz CT molecular complexity index is 406. The zero-order valence-corrected chi connectivity index (χ0v) is 12.0. The molecule has 3 fully saturated rings. The van der Waals surface area contributed by atoms with Crippen LogP contribution in [0.3, 0.4) is 0 Å². The number of carbonyl (C=O) groups is 2. The number of rotatable bonds is 3. The van der Waals surface area contributed by atoms with Gasteiger partial charge in [0.15, 0.2) is 0 Å². The summed E-state index contributed by atoms with van der Waals surface area (Å²) in [6.45, 7) is 1.99. The maximum Gasteiger partial charge on any atom is 0.320 e. The number of amides is 2. The molecule has 1 aliphatic carbocycles. The van der Waals surface area contributed by atoms with E-state index in [1.807, 2.05) is 9.80 Å². The van der Waals surface area contributed by atoms with Gasteiger partial charge in [-0.1, -0.05) is 25.7 Å². The van der Waals surface area contributed by atoms with Crippen LogP contribution in [0.4, 0.5) is 4.79 Å². The molecule has 0 spiro atoms. The van der Waals surface area contributed by atoms with E-state index in [1.165, 1.54) is 19.3 Å². The average Bonchev–Trinajstić information content (AvgIpc) is 2.59. The molecule has 2 saturated heterocycles. The number of urea groups is 1. The summed E-state index contributed by atoms with van der Waals surface area (Å²) < 4.78 is 0. The van der Waals surface area contributed by atoms with E-state index in [0.29, 0.717) is 12.6 Å². The minimum Gasteiger partial charge on any atom is -0.481 e. The molecule has 0 bridgehead atoms. The fourth-order valence-electron chi connectivity index (χ4n) is 3.85. The first-order valence-electron chi connectivity index (χ1n) is 7.91. The first-order chi connectivity index (χ1) is 9.62. The molecule has 0 unspecified atom stereocenters. The van der Waals surface area contributed by atoms with Crippen LogP contribution >= 0.6 is 0 Å². The van der Waals surface area contributed by atoms with Crippen molar-refractivity contribution in [3.8, 4) is 0 Å². The molecule has 2 heterocycles. The number of carbonyl (C=O) groups excluding carboxylic acids is 1. The quantitative estimate of drug-likeness (QED) is 0.863. The molecule has 3 aliphatic rings. The Balaban J connectivity index is 1.69. The molecule has 2 aliphatic heterocycles. The van der Waals surface area contributed by atoms with Crippen molar-refractivity contribution in [3.63, 3.8) is 0 Å². The lowest BCUT2D eigenvalue weighted by Crippen LogP contribution is -2.48. The Hall–Kier alpha value is -1.26.